The number of nitrogens with zero attached hydrogens (tertiary/aromatic N) is 2. The summed E-state index contributed by atoms with van der Waals surface area (Å²) in [5.74, 6) is -2.80. The summed E-state index contributed by atoms with van der Waals surface area (Å²) in [6.45, 7) is 5.22. The SMILES string of the molecule is CCCN(CCC)C(=O)c1cncc(C(=O)Nc2ccc(F)c(F)c2)c1. The van der Waals surface area contributed by atoms with E-state index >= 15 is 0 Å². The van der Waals surface area contributed by atoms with Crippen LogP contribution in [0.1, 0.15) is 47.4 Å². The van der Waals surface area contributed by atoms with Crippen molar-refractivity contribution < 1.29 is 18.4 Å². The zero-order valence-electron chi connectivity index (χ0n) is 14.8. The average molecular weight is 361 g/mol. The molecule has 5 nitrogen and oxygen atoms in total. The summed E-state index contributed by atoms with van der Waals surface area (Å²) in [7, 11) is 0. The lowest BCUT2D eigenvalue weighted by atomic mass is 10.1. The first-order valence-electron chi connectivity index (χ1n) is 8.47. The Hall–Kier alpha value is -2.83. The van der Waals surface area contributed by atoms with Gasteiger partial charge in [-0.3, -0.25) is 14.6 Å². The van der Waals surface area contributed by atoms with E-state index in [2.05, 4.69) is 10.3 Å². The lowest BCUT2D eigenvalue weighted by Crippen LogP contribution is -2.32. The molecule has 0 saturated carbocycles. The van der Waals surface area contributed by atoms with Gasteiger partial charge < -0.3 is 10.2 Å². The Morgan fingerprint density at radius 2 is 1.65 bits per heavy atom. The highest BCUT2D eigenvalue weighted by molar-refractivity contribution is 6.05. The van der Waals surface area contributed by atoms with E-state index in [1.165, 1.54) is 24.5 Å². The summed E-state index contributed by atoms with van der Waals surface area (Å²) >= 11 is 0. The van der Waals surface area contributed by atoms with Gasteiger partial charge in [-0.25, -0.2) is 8.78 Å². The average Bonchev–Trinajstić information content (AvgIpc) is 2.64. The van der Waals surface area contributed by atoms with Gasteiger partial charge in [0.15, 0.2) is 11.6 Å². The van der Waals surface area contributed by atoms with Gasteiger partial charge in [-0.2, -0.15) is 0 Å². The molecule has 26 heavy (non-hydrogen) atoms. The van der Waals surface area contributed by atoms with E-state index < -0.39 is 17.5 Å². The van der Waals surface area contributed by atoms with E-state index in [9.17, 15) is 18.4 Å². The van der Waals surface area contributed by atoms with Crippen molar-refractivity contribution in [2.24, 2.45) is 0 Å². The molecule has 0 spiro atoms. The van der Waals surface area contributed by atoms with Gasteiger partial charge in [0.2, 0.25) is 0 Å². The maximum atomic E-state index is 13.2. The molecule has 0 fully saturated rings. The minimum Gasteiger partial charge on any atom is -0.339 e. The van der Waals surface area contributed by atoms with Gasteiger partial charge in [0.1, 0.15) is 0 Å². The van der Waals surface area contributed by atoms with Gasteiger partial charge in [0.25, 0.3) is 11.8 Å². The van der Waals surface area contributed by atoms with Crippen LogP contribution in [0.3, 0.4) is 0 Å². The Labute approximate surface area is 151 Å². The van der Waals surface area contributed by atoms with Crippen LogP contribution in [-0.4, -0.2) is 34.8 Å². The predicted molar refractivity (Wildman–Crippen MR) is 95.0 cm³/mol. The topological polar surface area (TPSA) is 62.3 Å². The minimum absolute atomic E-state index is 0.115. The summed E-state index contributed by atoms with van der Waals surface area (Å²) in [6.07, 6.45) is 4.38. The first kappa shape index (κ1) is 19.5. The normalized spacial score (nSPS) is 10.5. The monoisotopic (exact) mass is 361 g/mol. The molecule has 0 unspecified atom stereocenters. The number of amides is 2. The highest BCUT2D eigenvalue weighted by atomic mass is 19.2. The summed E-state index contributed by atoms with van der Waals surface area (Å²) in [5.41, 5.74) is 0.586. The van der Waals surface area contributed by atoms with Gasteiger partial charge in [-0.1, -0.05) is 13.8 Å². The maximum Gasteiger partial charge on any atom is 0.257 e. The third kappa shape index (κ3) is 4.84. The highest BCUT2D eigenvalue weighted by Crippen LogP contribution is 2.15. The van der Waals surface area contributed by atoms with Crippen molar-refractivity contribution in [3.05, 3.63) is 59.4 Å². The first-order valence-corrected chi connectivity index (χ1v) is 8.47. The van der Waals surface area contributed by atoms with E-state index in [-0.39, 0.29) is 17.2 Å². The van der Waals surface area contributed by atoms with E-state index in [0.29, 0.717) is 18.7 Å². The number of rotatable bonds is 7. The van der Waals surface area contributed by atoms with Crippen LogP contribution in [0.15, 0.2) is 36.7 Å². The molecule has 0 atom stereocenters. The van der Waals surface area contributed by atoms with Crippen LogP contribution in [-0.2, 0) is 0 Å². The van der Waals surface area contributed by atoms with Crippen LogP contribution in [0.2, 0.25) is 0 Å². The van der Waals surface area contributed by atoms with Gasteiger partial charge >= 0.3 is 0 Å². The fraction of sp³-hybridized carbons (Fsp3) is 0.316. The van der Waals surface area contributed by atoms with Crippen molar-refractivity contribution in [2.45, 2.75) is 26.7 Å². The third-order valence-corrected chi connectivity index (χ3v) is 3.70. The van der Waals surface area contributed by atoms with E-state index in [1.54, 1.807) is 4.90 Å². The van der Waals surface area contributed by atoms with E-state index in [1.807, 2.05) is 13.8 Å². The van der Waals surface area contributed by atoms with Crippen LogP contribution >= 0.6 is 0 Å². The molecule has 1 aromatic carbocycles. The second kappa shape index (κ2) is 9.03. The molecular weight excluding hydrogens is 340 g/mol. The quantitative estimate of drug-likeness (QED) is 0.814. The molecule has 0 radical (unpaired) electrons. The fourth-order valence-corrected chi connectivity index (χ4v) is 2.50. The smallest absolute Gasteiger partial charge is 0.257 e. The van der Waals surface area contributed by atoms with E-state index in [0.717, 1.165) is 25.0 Å². The summed E-state index contributed by atoms with van der Waals surface area (Å²) in [5, 5.41) is 2.46. The Bertz CT molecular complexity index is 790. The zero-order valence-corrected chi connectivity index (χ0v) is 14.8. The number of anilines is 1. The van der Waals surface area contributed by atoms with Gasteiger partial charge in [-0.15, -0.1) is 0 Å². The van der Waals surface area contributed by atoms with Crippen molar-refractivity contribution in [1.82, 2.24) is 9.88 Å². The molecule has 0 bridgehead atoms. The van der Waals surface area contributed by atoms with Gasteiger partial charge in [-0.05, 0) is 31.0 Å². The molecular formula is C19H21F2N3O2. The second-order valence-electron chi connectivity index (χ2n) is 5.84. The lowest BCUT2D eigenvalue weighted by Gasteiger charge is -2.21. The number of halogens is 2. The molecule has 0 saturated heterocycles. The lowest BCUT2D eigenvalue weighted by molar-refractivity contribution is 0.0755. The minimum atomic E-state index is -1.06. The van der Waals surface area contributed by atoms with Crippen molar-refractivity contribution in [3.63, 3.8) is 0 Å². The highest BCUT2D eigenvalue weighted by Gasteiger charge is 2.17. The molecule has 0 aliphatic carbocycles. The van der Waals surface area contributed by atoms with Crippen LogP contribution < -0.4 is 5.32 Å². The molecule has 2 amide bonds. The molecule has 1 heterocycles. The standard InChI is InChI=1S/C19H21F2N3O2/c1-3-7-24(8-4-2)19(26)14-9-13(11-22-12-14)18(25)23-15-5-6-16(20)17(21)10-15/h5-6,9-12H,3-4,7-8H2,1-2H3,(H,23,25). The molecule has 138 valence electrons. The largest absolute Gasteiger partial charge is 0.339 e. The number of aromatic nitrogens is 1. The number of carbonyl (C=O) groups is 2. The van der Waals surface area contributed by atoms with Crippen molar-refractivity contribution in [3.8, 4) is 0 Å². The Morgan fingerprint density at radius 1 is 1.00 bits per heavy atom. The molecule has 7 heteroatoms. The molecule has 2 aromatic rings. The summed E-state index contributed by atoms with van der Waals surface area (Å²) in [4.78, 5) is 30.6. The van der Waals surface area contributed by atoms with Crippen LogP contribution in [0, 0.1) is 11.6 Å². The number of carbonyl (C=O) groups excluding carboxylic acids is 2. The van der Waals surface area contributed by atoms with Crippen molar-refractivity contribution in [1.29, 1.82) is 0 Å². The van der Waals surface area contributed by atoms with Crippen molar-refractivity contribution in [2.75, 3.05) is 18.4 Å². The predicted octanol–water partition coefficient (Wildman–Crippen LogP) is 3.87. The van der Waals surface area contributed by atoms with Crippen LogP contribution in [0.25, 0.3) is 0 Å². The third-order valence-electron chi connectivity index (χ3n) is 3.70. The summed E-state index contributed by atoms with van der Waals surface area (Å²) < 4.78 is 26.2. The number of benzene rings is 1. The van der Waals surface area contributed by atoms with Crippen molar-refractivity contribution >= 4 is 17.5 Å². The second-order valence-corrected chi connectivity index (χ2v) is 5.84. The molecule has 1 N–H and O–H groups in total. The Kier molecular flexibility index (Phi) is 6.77. The maximum absolute atomic E-state index is 13.2. The van der Waals surface area contributed by atoms with Crippen LogP contribution in [0.5, 0.6) is 0 Å². The fourth-order valence-electron chi connectivity index (χ4n) is 2.50. The number of hydrogen-bond donors (Lipinski definition) is 1. The summed E-state index contributed by atoms with van der Waals surface area (Å²) in [6, 6.07) is 4.52. The first-order chi connectivity index (χ1) is 12.5. The van der Waals surface area contributed by atoms with Gasteiger partial charge in [0.05, 0.1) is 11.1 Å². The molecule has 2 rings (SSSR count). The number of hydrogen-bond acceptors (Lipinski definition) is 3. The number of nitrogens with one attached hydrogen (secondary N) is 1. The van der Waals surface area contributed by atoms with Crippen LogP contribution in [0.4, 0.5) is 14.5 Å². The van der Waals surface area contributed by atoms with Gasteiger partial charge in [0, 0.05) is 37.2 Å². The number of pyridine rings is 1. The Balaban J connectivity index is 2.17. The molecule has 0 aliphatic heterocycles. The van der Waals surface area contributed by atoms with E-state index in [4.69, 9.17) is 0 Å². The Morgan fingerprint density at radius 3 is 2.27 bits per heavy atom. The zero-order chi connectivity index (χ0) is 19.1. The molecule has 0 aliphatic rings. The molecule has 1 aromatic heterocycles.